The van der Waals surface area contributed by atoms with Crippen molar-refractivity contribution in [1.29, 1.82) is 0 Å². The summed E-state index contributed by atoms with van der Waals surface area (Å²) in [6.07, 6.45) is 0. The van der Waals surface area contributed by atoms with Gasteiger partial charge >= 0.3 is 5.97 Å². The molecule has 2 unspecified atom stereocenters. The number of benzene rings is 1. The summed E-state index contributed by atoms with van der Waals surface area (Å²) in [5.41, 5.74) is 1.73. The Balaban J connectivity index is 2.42. The molecule has 1 aliphatic rings. The van der Waals surface area contributed by atoms with Gasteiger partial charge in [-0.15, -0.1) is 12.6 Å². The smallest absolute Gasteiger partial charge is 0.337 e. The average Bonchev–Trinajstić information content (AvgIpc) is 2.37. The monoisotopic (exact) mass is 294 g/mol. The van der Waals surface area contributed by atoms with Crippen LogP contribution in [0.15, 0.2) is 35.5 Å². The zero-order chi connectivity index (χ0) is 14.7. The van der Waals surface area contributed by atoms with E-state index < -0.39 is 0 Å². The second-order valence-corrected chi connectivity index (χ2v) is 5.02. The van der Waals surface area contributed by atoms with Gasteiger partial charge in [-0.1, -0.05) is 12.1 Å². The number of thiol groups is 1. The molecule has 5 nitrogen and oxygen atoms in total. The van der Waals surface area contributed by atoms with Crippen LogP contribution >= 0.6 is 12.6 Å². The minimum Gasteiger partial charge on any atom is -0.508 e. The van der Waals surface area contributed by atoms with Crippen LogP contribution in [0.5, 0.6) is 5.75 Å². The van der Waals surface area contributed by atoms with E-state index in [1.54, 1.807) is 25.1 Å². The standard InChI is InChI=1S/C14H18N2O3S/c1-3-19-13(18)11-8(2)15-14(20)16-12(11)9-5-4-6-10(17)7-9/h4-7,12,14-17,20H,3H2,1-2H3. The average molecular weight is 294 g/mol. The van der Waals surface area contributed by atoms with Gasteiger partial charge in [0, 0.05) is 5.70 Å². The highest BCUT2D eigenvalue weighted by Crippen LogP contribution is 2.30. The van der Waals surface area contributed by atoms with Crippen molar-refractivity contribution in [2.24, 2.45) is 0 Å². The number of esters is 1. The van der Waals surface area contributed by atoms with E-state index >= 15 is 0 Å². The molecule has 1 aromatic rings. The van der Waals surface area contributed by atoms with Crippen LogP contribution in [-0.4, -0.2) is 23.2 Å². The number of hydrogen-bond acceptors (Lipinski definition) is 6. The van der Waals surface area contributed by atoms with Crippen molar-refractivity contribution >= 4 is 18.6 Å². The highest BCUT2D eigenvalue weighted by molar-refractivity contribution is 7.80. The van der Waals surface area contributed by atoms with E-state index in [2.05, 4.69) is 23.3 Å². The minimum atomic E-state index is -0.376. The first kappa shape index (κ1) is 14.7. The van der Waals surface area contributed by atoms with E-state index in [0.29, 0.717) is 12.2 Å². The van der Waals surface area contributed by atoms with Crippen LogP contribution < -0.4 is 10.6 Å². The molecular weight excluding hydrogens is 276 g/mol. The predicted octanol–water partition coefficient (Wildman–Crippen LogP) is 1.68. The molecule has 1 aliphatic heterocycles. The third-order valence-electron chi connectivity index (χ3n) is 3.07. The number of phenolic OH excluding ortho intramolecular Hbond substituents is 1. The van der Waals surface area contributed by atoms with Crippen molar-refractivity contribution in [3.63, 3.8) is 0 Å². The Bertz CT molecular complexity index is 545. The molecule has 0 saturated heterocycles. The Kier molecular flexibility index (Phi) is 4.57. The zero-order valence-electron chi connectivity index (χ0n) is 11.4. The summed E-state index contributed by atoms with van der Waals surface area (Å²) in [6.45, 7) is 3.89. The van der Waals surface area contributed by atoms with Crippen LogP contribution in [0.2, 0.25) is 0 Å². The van der Waals surface area contributed by atoms with Crippen LogP contribution in [0.4, 0.5) is 0 Å². The first-order valence-corrected chi connectivity index (χ1v) is 6.92. The fraction of sp³-hybridized carbons (Fsp3) is 0.357. The maximum atomic E-state index is 12.1. The molecular formula is C14H18N2O3S. The number of rotatable bonds is 3. The van der Waals surface area contributed by atoms with Gasteiger partial charge in [0.2, 0.25) is 0 Å². The lowest BCUT2D eigenvalue weighted by Gasteiger charge is -2.32. The van der Waals surface area contributed by atoms with Gasteiger partial charge in [0.05, 0.1) is 18.2 Å². The third kappa shape index (κ3) is 3.08. The van der Waals surface area contributed by atoms with E-state index in [4.69, 9.17) is 4.74 Å². The maximum Gasteiger partial charge on any atom is 0.337 e. The largest absolute Gasteiger partial charge is 0.508 e. The molecule has 20 heavy (non-hydrogen) atoms. The Labute approximate surface area is 123 Å². The highest BCUT2D eigenvalue weighted by Gasteiger charge is 2.31. The zero-order valence-corrected chi connectivity index (χ0v) is 12.3. The number of phenols is 1. The van der Waals surface area contributed by atoms with Crippen LogP contribution in [-0.2, 0) is 9.53 Å². The maximum absolute atomic E-state index is 12.1. The number of nitrogens with one attached hydrogen (secondary N) is 2. The lowest BCUT2D eigenvalue weighted by Crippen LogP contribution is -2.46. The quantitative estimate of drug-likeness (QED) is 0.504. The van der Waals surface area contributed by atoms with Crippen LogP contribution in [0, 0.1) is 0 Å². The molecule has 0 radical (unpaired) electrons. The molecule has 3 N–H and O–H groups in total. The summed E-state index contributed by atoms with van der Waals surface area (Å²) in [6, 6.07) is 6.42. The van der Waals surface area contributed by atoms with Gasteiger partial charge in [-0.2, -0.15) is 0 Å². The van der Waals surface area contributed by atoms with Crippen LogP contribution in [0.25, 0.3) is 0 Å². The summed E-state index contributed by atoms with van der Waals surface area (Å²) in [4.78, 5) is 12.1. The van der Waals surface area contributed by atoms with Crippen molar-refractivity contribution in [1.82, 2.24) is 10.6 Å². The Morgan fingerprint density at radius 2 is 2.25 bits per heavy atom. The summed E-state index contributed by atoms with van der Waals surface area (Å²) in [5.74, 6) is -0.224. The number of aromatic hydroxyl groups is 1. The van der Waals surface area contributed by atoms with Crippen molar-refractivity contribution in [2.75, 3.05) is 6.61 Å². The lowest BCUT2D eigenvalue weighted by atomic mass is 9.95. The third-order valence-corrected chi connectivity index (χ3v) is 3.35. The van der Waals surface area contributed by atoms with Crippen molar-refractivity contribution in [3.05, 3.63) is 41.1 Å². The molecule has 0 spiro atoms. The van der Waals surface area contributed by atoms with Gasteiger partial charge < -0.3 is 15.2 Å². The molecule has 0 saturated carbocycles. The van der Waals surface area contributed by atoms with Crippen molar-refractivity contribution in [3.8, 4) is 5.75 Å². The van der Waals surface area contributed by atoms with E-state index in [-0.39, 0.29) is 23.3 Å². The van der Waals surface area contributed by atoms with Gasteiger partial charge in [-0.3, -0.25) is 5.32 Å². The normalized spacial score (nSPS) is 22.4. The number of hydrogen-bond donors (Lipinski definition) is 4. The Morgan fingerprint density at radius 1 is 1.50 bits per heavy atom. The van der Waals surface area contributed by atoms with Crippen molar-refractivity contribution < 1.29 is 14.6 Å². The molecule has 2 rings (SSSR count). The van der Waals surface area contributed by atoms with Crippen LogP contribution in [0.1, 0.15) is 25.5 Å². The first-order chi connectivity index (χ1) is 9.52. The SMILES string of the molecule is CCOC(=O)C1=C(C)NC(S)NC1c1cccc(O)c1. The number of allylic oxidation sites excluding steroid dienone is 1. The fourth-order valence-corrected chi connectivity index (χ4v) is 2.57. The lowest BCUT2D eigenvalue weighted by molar-refractivity contribution is -0.139. The van der Waals surface area contributed by atoms with Crippen LogP contribution in [0.3, 0.4) is 0 Å². The molecule has 6 heteroatoms. The van der Waals surface area contributed by atoms with Gasteiger partial charge in [0.25, 0.3) is 0 Å². The van der Waals surface area contributed by atoms with E-state index in [1.807, 2.05) is 13.0 Å². The van der Waals surface area contributed by atoms with Gasteiger partial charge in [0.15, 0.2) is 0 Å². The minimum absolute atomic E-state index is 0.152. The first-order valence-electron chi connectivity index (χ1n) is 6.40. The summed E-state index contributed by atoms with van der Waals surface area (Å²) < 4.78 is 5.10. The Morgan fingerprint density at radius 3 is 2.90 bits per heavy atom. The Hall–Kier alpha value is -1.66. The molecule has 0 fully saturated rings. The number of ether oxygens (including phenoxy) is 1. The van der Waals surface area contributed by atoms with E-state index in [0.717, 1.165) is 11.3 Å². The van der Waals surface area contributed by atoms with E-state index in [1.165, 1.54) is 0 Å². The molecule has 0 aromatic heterocycles. The van der Waals surface area contributed by atoms with Crippen molar-refractivity contribution in [2.45, 2.75) is 25.4 Å². The number of carbonyl (C=O) groups is 1. The summed E-state index contributed by atoms with van der Waals surface area (Å²) in [5, 5.41) is 15.8. The number of carbonyl (C=O) groups excluding carboxylic acids is 1. The highest BCUT2D eigenvalue weighted by atomic mass is 32.1. The van der Waals surface area contributed by atoms with Gasteiger partial charge in [-0.25, -0.2) is 4.79 Å². The predicted molar refractivity (Wildman–Crippen MR) is 79.2 cm³/mol. The summed E-state index contributed by atoms with van der Waals surface area (Å²) >= 11 is 4.35. The topological polar surface area (TPSA) is 70.6 Å². The molecule has 2 atom stereocenters. The molecule has 1 aromatic carbocycles. The van der Waals surface area contributed by atoms with Gasteiger partial charge in [-0.05, 0) is 31.5 Å². The molecule has 0 bridgehead atoms. The summed E-state index contributed by atoms with van der Waals surface area (Å²) in [7, 11) is 0. The molecule has 0 amide bonds. The van der Waals surface area contributed by atoms with E-state index in [9.17, 15) is 9.90 Å². The molecule has 0 aliphatic carbocycles. The second kappa shape index (κ2) is 6.19. The molecule has 108 valence electrons. The van der Waals surface area contributed by atoms with Gasteiger partial charge in [0.1, 0.15) is 11.2 Å². The molecule has 1 heterocycles. The second-order valence-electron chi connectivity index (χ2n) is 4.50. The fourth-order valence-electron chi connectivity index (χ4n) is 2.23.